The van der Waals surface area contributed by atoms with Crippen molar-refractivity contribution < 1.29 is 33.6 Å². The van der Waals surface area contributed by atoms with Crippen LogP contribution in [-0.4, -0.2) is 56.9 Å². The van der Waals surface area contributed by atoms with Gasteiger partial charge in [0.2, 0.25) is 5.91 Å². The molecule has 0 bridgehead atoms. The number of hydrogen-bond acceptors (Lipinski definition) is 7. The average Bonchev–Trinajstić information content (AvgIpc) is 2.97. The molecule has 2 amide bonds. The summed E-state index contributed by atoms with van der Waals surface area (Å²) in [7, 11) is 3.02. The second kappa shape index (κ2) is 15.9. The first kappa shape index (κ1) is 29.4. The maximum absolute atomic E-state index is 12.9. The fourth-order valence-electron chi connectivity index (χ4n) is 3.69. The van der Waals surface area contributed by atoms with E-state index in [0.29, 0.717) is 17.1 Å². The Morgan fingerprint density at radius 1 is 0.846 bits per heavy atom. The molecule has 0 aliphatic rings. The third-order valence-electron chi connectivity index (χ3n) is 5.64. The van der Waals surface area contributed by atoms with E-state index >= 15 is 0 Å². The molecule has 2 atom stereocenters. The Morgan fingerprint density at radius 2 is 1.46 bits per heavy atom. The van der Waals surface area contributed by atoms with Crippen LogP contribution in [0.4, 0.5) is 0 Å². The molecule has 0 saturated heterocycles. The Bertz CT molecular complexity index is 1200. The smallest absolute Gasteiger partial charge is 0.251 e. The van der Waals surface area contributed by atoms with E-state index in [1.54, 1.807) is 24.3 Å². The van der Waals surface area contributed by atoms with Crippen molar-refractivity contribution in [3.05, 3.63) is 102 Å². The van der Waals surface area contributed by atoms with Crippen LogP contribution in [-0.2, 0) is 32.0 Å². The van der Waals surface area contributed by atoms with E-state index in [1.165, 1.54) is 20.3 Å². The minimum Gasteiger partial charge on any atom is -0.464 e. The summed E-state index contributed by atoms with van der Waals surface area (Å²) in [5, 5.41) is 16.4. The van der Waals surface area contributed by atoms with Gasteiger partial charge in [0.25, 0.3) is 5.91 Å². The number of aliphatic hydroxyl groups is 1. The van der Waals surface area contributed by atoms with Crippen molar-refractivity contribution in [2.24, 2.45) is 0 Å². The Hall–Kier alpha value is -4.18. The van der Waals surface area contributed by atoms with Gasteiger partial charge in [-0.15, -0.1) is 0 Å². The van der Waals surface area contributed by atoms with E-state index in [2.05, 4.69) is 10.6 Å². The summed E-state index contributed by atoms with van der Waals surface area (Å²) in [6, 6.07) is 23.0. The summed E-state index contributed by atoms with van der Waals surface area (Å²) in [5.74, 6) is -0.160. The van der Waals surface area contributed by atoms with Gasteiger partial charge < -0.3 is 34.7 Å². The highest BCUT2D eigenvalue weighted by Crippen LogP contribution is 2.29. The van der Waals surface area contributed by atoms with E-state index in [0.717, 1.165) is 11.1 Å². The first-order valence-electron chi connectivity index (χ1n) is 12.4. The van der Waals surface area contributed by atoms with Gasteiger partial charge in [0.15, 0.2) is 31.2 Å². The number of carbonyl (C=O) groups excluding carboxylic acids is 2. The van der Waals surface area contributed by atoms with Gasteiger partial charge in [0.1, 0.15) is 0 Å². The molecule has 0 saturated carbocycles. The van der Waals surface area contributed by atoms with Gasteiger partial charge >= 0.3 is 0 Å². The predicted octanol–water partition coefficient (Wildman–Crippen LogP) is 3.07. The summed E-state index contributed by atoms with van der Waals surface area (Å²) in [6.07, 6.45) is 1.73. The van der Waals surface area contributed by atoms with Crippen LogP contribution >= 0.6 is 0 Å². The van der Waals surface area contributed by atoms with E-state index in [9.17, 15) is 14.7 Å². The average molecular weight is 535 g/mol. The fraction of sp³-hybridized carbons (Fsp3) is 0.267. The van der Waals surface area contributed by atoms with Crippen LogP contribution in [0.25, 0.3) is 6.08 Å². The molecule has 3 N–H and O–H groups in total. The third kappa shape index (κ3) is 9.90. The van der Waals surface area contributed by atoms with Crippen molar-refractivity contribution in [3.8, 4) is 11.5 Å². The Kier molecular flexibility index (Phi) is 12.0. The molecule has 9 heteroatoms. The number of carbonyl (C=O) groups is 2. The first-order chi connectivity index (χ1) is 19.0. The van der Waals surface area contributed by atoms with Gasteiger partial charge in [0, 0.05) is 26.8 Å². The Morgan fingerprint density at radius 3 is 2.10 bits per heavy atom. The number of rotatable bonds is 15. The molecule has 9 nitrogen and oxygen atoms in total. The quantitative estimate of drug-likeness (QED) is 0.203. The predicted molar refractivity (Wildman–Crippen MR) is 147 cm³/mol. The van der Waals surface area contributed by atoms with E-state index in [1.807, 2.05) is 60.7 Å². The van der Waals surface area contributed by atoms with Crippen LogP contribution < -0.4 is 20.1 Å². The third-order valence-corrected chi connectivity index (χ3v) is 5.64. The van der Waals surface area contributed by atoms with Gasteiger partial charge in [-0.1, -0.05) is 66.7 Å². The molecule has 0 heterocycles. The summed E-state index contributed by atoms with van der Waals surface area (Å²) in [5.41, 5.74) is 2.44. The van der Waals surface area contributed by atoms with Crippen LogP contribution in [0.3, 0.4) is 0 Å². The minimum absolute atomic E-state index is 0.0163. The van der Waals surface area contributed by atoms with Crippen molar-refractivity contribution in [3.63, 3.8) is 0 Å². The topological polar surface area (TPSA) is 115 Å². The van der Waals surface area contributed by atoms with Crippen molar-refractivity contribution >= 4 is 17.9 Å². The lowest BCUT2D eigenvalue weighted by atomic mass is 10.0. The lowest BCUT2D eigenvalue weighted by Gasteiger charge is -2.23. The Balaban J connectivity index is 1.69. The molecule has 0 aromatic heterocycles. The van der Waals surface area contributed by atoms with Gasteiger partial charge in [-0.25, -0.2) is 0 Å². The van der Waals surface area contributed by atoms with Crippen LogP contribution in [0, 0.1) is 0 Å². The summed E-state index contributed by atoms with van der Waals surface area (Å²) in [6.45, 7) is 0.327. The number of nitrogens with one attached hydrogen (secondary N) is 2. The van der Waals surface area contributed by atoms with E-state index in [-0.39, 0.29) is 26.6 Å². The number of hydrogen-bond donors (Lipinski definition) is 3. The zero-order valence-electron chi connectivity index (χ0n) is 22.0. The molecular formula is C30H34N2O7. The molecule has 3 aromatic carbocycles. The molecule has 39 heavy (non-hydrogen) atoms. The molecule has 0 radical (unpaired) electrons. The van der Waals surface area contributed by atoms with Gasteiger partial charge in [-0.3, -0.25) is 9.59 Å². The molecule has 206 valence electrons. The van der Waals surface area contributed by atoms with Crippen LogP contribution in [0.1, 0.15) is 16.7 Å². The first-order valence-corrected chi connectivity index (χ1v) is 12.4. The molecule has 3 rings (SSSR count). The number of methoxy groups -OCH3 is 2. The highest BCUT2D eigenvalue weighted by atomic mass is 16.7. The number of ether oxygens (including phenoxy) is 4. The summed E-state index contributed by atoms with van der Waals surface area (Å²) < 4.78 is 21.0. The lowest BCUT2D eigenvalue weighted by Crippen LogP contribution is -2.51. The number of amides is 2. The van der Waals surface area contributed by atoms with E-state index < -0.39 is 24.0 Å². The highest BCUT2D eigenvalue weighted by molar-refractivity contribution is 5.92. The second-order valence-electron chi connectivity index (χ2n) is 8.59. The van der Waals surface area contributed by atoms with Crippen molar-refractivity contribution in [1.82, 2.24) is 10.6 Å². The van der Waals surface area contributed by atoms with Crippen LogP contribution in [0.2, 0.25) is 0 Å². The van der Waals surface area contributed by atoms with Gasteiger partial charge in [-0.2, -0.15) is 0 Å². The molecule has 0 fully saturated rings. The second-order valence-corrected chi connectivity index (χ2v) is 8.59. The van der Waals surface area contributed by atoms with Crippen LogP contribution in [0.5, 0.6) is 11.5 Å². The molecule has 0 spiro atoms. The standard InChI is InChI=1S/C30H34N2O7/c1-36-20-38-26-15-13-23(18-27(26)39-21-37-2)14-16-28(33)32-25(17-22-9-5-3-6-10-22)29(34)30(35)31-19-24-11-7-4-8-12-24/h3-16,18,25,29,34H,17,19-21H2,1-2H3,(H,31,35)(H,32,33)/b16-14+/t25?,29-/m0/s1. The maximum atomic E-state index is 12.9. The number of benzene rings is 3. The Labute approximate surface area is 228 Å². The molecule has 3 aromatic rings. The fourth-order valence-corrected chi connectivity index (χ4v) is 3.69. The minimum atomic E-state index is -1.46. The van der Waals surface area contributed by atoms with E-state index in [4.69, 9.17) is 18.9 Å². The van der Waals surface area contributed by atoms with Crippen molar-refractivity contribution in [2.45, 2.75) is 25.1 Å². The number of aliphatic hydroxyl groups excluding tert-OH is 1. The monoisotopic (exact) mass is 534 g/mol. The molecular weight excluding hydrogens is 500 g/mol. The summed E-state index contributed by atoms with van der Waals surface area (Å²) >= 11 is 0. The summed E-state index contributed by atoms with van der Waals surface area (Å²) in [4.78, 5) is 25.6. The van der Waals surface area contributed by atoms with Gasteiger partial charge in [-0.05, 0) is 41.3 Å². The normalized spacial score (nSPS) is 12.5. The SMILES string of the molecule is COCOc1ccc(/C=C/C(=O)NC(Cc2ccccc2)[C@H](O)C(=O)NCc2ccccc2)cc1OCOC. The van der Waals surface area contributed by atoms with Gasteiger partial charge in [0.05, 0.1) is 6.04 Å². The zero-order valence-corrected chi connectivity index (χ0v) is 22.0. The largest absolute Gasteiger partial charge is 0.464 e. The van der Waals surface area contributed by atoms with Crippen LogP contribution in [0.15, 0.2) is 84.9 Å². The maximum Gasteiger partial charge on any atom is 0.251 e. The molecule has 0 aliphatic carbocycles. The lowest BCUT2D eigenvalue weighted by molar-refractivity contribution is -0.131. The van der Waals surface area contributed by atoms with Crippen molar-refractivity contribution in [2.75, 3.05) is 27.8 Å². The zero-order chi connectivity index (χ0) is 27.9. The molecule has 0 aliphatic heterocycles. The molecule has 1 unspecified atom stereocenters. The highest BCUT2D eigenvalue weighted by Gasteiger charge is 2.27. The van der Waals surface area contributed by atoms with Crippen molar-refractivity contribution in [1.29, 1.82) is 0 Å².